The molecule has 1 heterocycles. The van der Waals surface area contributed by atoms with Gasteiger partial charge in [0.15, 0.2) is 5.13 Å². The van der Waals surface area contributed by atoms with Crippen LogP contribution in [-0.2, 0) is 0 Å². The van der Waals surface area contributed by atoms with Crippen molar-refractivity contribution in [2.24, 2.45) is 0 Å². The van der Waals surface area contributed by atoms with Gasteiger partial charge in [0.2, 0.25) is 0 Å². The summed E-state index contributed by atoms with van der Waals surface area (Å²) in [5, 5.41) is 6.13. The Morgan fingerprint density at radius 1 is 1.14 bits per heavy atom. The van der Waals surface area contributed by atoms with Gasteiger partial charge in [0.1, 0.15) is 0 Å². The smallest absolute Gasteiger partial charge is 0.308 e. The summed E-state index contributed by atoms with van der Waals surface area (Å²) in [6.07, 6.45) is 2.04. The van der Waals surface area contributed by atoms with Crippen LogP contribution < -0.4 is 10.6 Å². The number of aromatic nitrogens is 1. The Morgan fingerprint density at radius 2 is 1.95 bits per heavy atom. The maximum Gasteiger partial charge on any atom is 0.325 e. The summed E-state index contributed by atoms with van der Waals surface area (Å²) in [5.41, 5.74) is 1.65. The zero-order valence-corrected chi connectivity index (χ0v) is 12.9. The van der Waals surface area contributed by atoms with Crippen molar-refractivity contribution in [3.05, 3.63) is 48.5 Å². The number of carbonyl (C=O) groups excluding carboxylic acids is 1. The fraction of sp³-hybridized carbons (Fsp3) is 0.0667. The molecular formula is C15H13N3OS2. The lowest BCUT2D eigenvalue weighted by Crippen LogP contribution is -2.19. The van der Waals surface area contributed by atoms with Crippen LogP contribution in [0.5, 0.6) is 0 Å². The molecule has 0 aliphatic heterocycles. The quantitative estimate of drug-likeness (QED) is 0.691. The van der Waals surface area contributed by atoms with Gasteiger partial charge in [-0.1, -0.05) is 29.5 Å². The zero-order chi connectivity index (χ0) is 14.7. The van der Waals surface area contributed by atoms with E-state index in [2.05, 4.69) is 21.7 Å². The molecule has 0 saturated carbocycles. The molecule has 3 rings (SSSR count). The molecule has 21 heavy (non-hydrogen) atoms. The van der Waals surface area contributed by atoms with Gasteiger partial charge in [0, 0.05) is 10.6 Å². The van der Waals surface area contributed by atoms with Crippen molar-refractivity contribution in [1.82, 2.24) is 4.98 Å². The number of thioether (sulfide) groups is 1. The standard InChI is InChI=1S/C15H13N3OS2/c1-20-11-7-8-12-13(9-11)21-15(17-12)18-14(19)16-10-5-3-2-4-6-10/h2-9H,1H3,(H2,16,17,18,19). The van der Waals surface area contributed by atoms with Crippen molar-refractivity contribution in [1.29, 1.82) is 0 Å². The van der Waals surface area contributed by atoms with Crippen molar-refractivity contribution in [3.8, 4) is 0 Å². The van der Waals surface area contributed by atoms with Crippen LogP contribution in [0.15, 0.2) is 53.4 Å². The van der Waals surface area contributed by atoms with E-state index in [1.54, 1.807) is 11.8 Å². The first-order chi connectivity index (χ1) is 10.2. The summed E-state index contributed by atoms with van der Waals surface area (Å²) >= 11 is 3.16. The average molecular weight is 315 g/mol. The third-order valence-electron chi connectivity index (χ3n) is 2.85. The Kier molecular flexibility index (Phi) is 4.08. The van der Waals surface area contributed by atoms with E-state index in [1.807, 2.05) is 48.7 Å². The van der Waals surface area contributed by atoms with Crippen LogP contribution in [0, 0.1) is 0 Å². The van der Waals surface area contributed by atoms with E-state index in [-0.39, 0.29) is 6.03 Å². The largest absolute Gasteiger partial charge is 0.325 e. The molecule has 3 aromatic rings. The van der Waals surface area contributed by atoms with E-state index in [9.17, 15) is 4.79 Å². The molecule has 6 heteroatoms. The third kappa shape index (κ3) is 3.34. The second kappa shape index (κ2) is 6.15. The molecule has 2 aromatic carbocycles. The summed E-state index contributed by atoms with van der Waals surface area (Å²) in [7, 11) is 0. The van der Waals surface area contributed by atoms with E-state index in [0.717, 1.165) is 15.9 Å². The number of hydrogen-bond acceptors (Lipinski definition) is 4. The number of urea groups is 1. The lowest BCUT2D eigenvalue weighted by Gasteiger charge is -2.04. The van der Waals surface area contributed by atoms with Crippen LogP contribution in [0.4, 0.5) is 15.6 Å². The molecule has 106 valence electrons. The van der Waals surface area contributed by atoms with Gasteiger partial charge in [0.25, 0.3) is 0 Å². The second-order valence-corrected chi connectivity index (χ2v) is 6.21. The molecule has 0 fully saturated rings. The maximum absolute atomic E-state index is 11.9. The lowest BCUT2D eigenvalue weighted by atomic mass is 10.3. The molecule has 2 amide bonds. The van der Waals surface area contributed by atoms with Crippen LogP contribution in [0.1, 0.15) is 0 Å². The topological polar surface area (TPSA) is 54.0 Å². The number of fused-ring (bicyclic) bond motifs is 1. The molecule has 0 aliphatic rings. The Labute approximate surface area is 130 Å². The van der Waals surface area contributed by atoms with Gasteiger partial charge >= 0.3 is 6.03 Å². The normalized spacial score (nSPS) is 10.5. The number of benzene rings is 2. The van der Waals surface area contributed by atoms with Crippen molar-refractivity contribution < 1.29 is 4.79 Å². The Hall–Kier alpha value is -2.05. The number of hydrogen-bond donors (Lipinski definition) is 2. The minimum Gasteiger partial charge on any atom is -0.308 e. The number of para-hydroxylation sites is 1. The van der Waals surface area contributed by atoms with Gasteiger partial charge in [-0.2, -0.15) is 0 Å². The molecule has 0 atom stereocenters. The van der Waals surface area contributed by atoms with Crippen LogP contribution in [0.25, 0.3) is 10.2 Å². The highest BCUT2D eigenvalue weighted by Crippen LogP contribution is 2.29. The van der Waals surface area contributed by atoms with Gasteiger partial charge in [-0.25, -0.2) is 9.78 Å². The first kappa shape index (κ1) is 13.9. The first-order valence-corrected chi connectivity index (χ1v) is 8.36. The van der Waals surface area contributed by atoms with Crippen molar-refractivity contribution in [2.45, 2.75) is 4.90 Å². The summed E-state index contributed by atoms with van der Waals surface area (Å²) in [6, 6.07) is 15.1. The number of rotatable bonds is 3. The lowest BCUT2D eigenvalue weighted by molar-refractivity contribution is 0.262. The van der Waals surface area contributed by atoms with Crippen LogP contribution >= 0.6 is 23.1 Å². The maximum atomic E-state index is 11.9. The predicted molar refractivity (Wildman–Crippen MR) is 90.5 cm³/mol. The minimum atomic E-state index is -0.287. The SMILES string of the molecule is CSc1ccc2nc(NC(=O)Nc3ccccc3)sc2c1. The summed E-state index contributed by atoms with van der Waals surface area (Å²) < 4.78 is 1.07. The fourth-order valence-corrected chi connectivity index (χ4v) is 3.28. The molecule has 0 unspecified atom stereocenters. The summed E-state index contributed by atoms with van der Waals surface area (Å²) in [6.45, 7) is 0. The minimum absolute atomic E-state index is 0.287. The van der Waals surface area contributed by atoms with E-state index < -0.39 is 0 Å². The van der Waals surface area contributed by atoms with Crippen LogP contribution in [-0.4, -0.2) is 17.3 Å². The Balaban J connectivity index is 1.74. The molecule has 2 N–H and O–H groups in total. The second-order valence-electron chi connectivity index (χ2n) is 4.30. The van der Waals surface area contributed by atoms with Crippen molar-refractivity contribution >= 4 is 50.2 Å². The molecule has 0 bridgehead atoms. The number of anilines is 2. The molecule has 4 nitrogen and oxygen atoms in total. The monoisotopic (exact) mass is 315 g/mol. The van der Waals surface area contributed by atoms with Gasteiger partial charge in [0.05, 0.1) is 10.2 Å². The van der Waals surface area contributed by atoms with E-state index in [4.69, 9.17) is 0 Å². The third-order valence-corrected chi connectivity index (χ3v) is 4.51. The Bertz CT molecular complexity index is 771. The number of amides is 2. The van der Waals surface area contributed by atoms with Crippen LogP contribution in [0.2, 0.25) is 0 Å². The highest BCUT2D eigenvalue weighted by Gasteiger charge is 2.08. The molecular weight excluding hydrogens is 302 g/mol. The van der Waals surface area contributed by atoms with E-state index in [1.165, 1.54) is 16.2 Å². The van der Waals surface area contributed by atoms with Crippen molar-refractivity contribution in [2.75, 3.05) is 16.9 Å². The molecule has 0 saturated heterocycles. The number of thiazole rings is 1. The average Bonchev–Trinajstić information content (AvgIpc) is 2.89. The molecule has 0 aliphatic carbocycles. The van der Waals surface area contributed by atoms with E-state index in [0.29, 0.717) is 5.13 Å². The van der Waals surface area contributed by atoms with Gasteiger partial charge in [-0.05, 0) is 36.6 Å². The summed E-state index contributed by atoms with van der Waals surface area (Å²) in [4.78, 5) is 17.5. The summed E-state index contributed by atoms with van der Waals surface area (Å²) in [5.74, 6) is 0. The molecule has 1 aromatic heterocycles. The van der Waals surface area contributed by atoms with Gasteiger partial charge in [-0.3, -0.25) is 5.32 Å². The Morgan fingerprint density at radius 3 is 2.71 bits per heavy atom. The number of carbonyl (C=O) groups is 1. The fourth-order valence-electron chi connectivity index (χ4n) is 1.87. The van der Waals surface area contributed by atoms with Crippen LogP contribution in [0.3, 0.4) is 0 Å². The highest BCUT2D eigenvalue weighted by atomic mass is 32.2. The molecule has 0 spiro atoms. The predicted octanol–water partition coefficient (Wildman–Crippen LogP) is 4.66. The molecule has 0 radical (unpaired) electrons. The van der Waals surface area contributed by atoms with Gasteiger partial charge < -0.3 is 5.32 Å². The van der Waals surface area contributed by atoms with Gasteiger partial charge in [-0.15, -0.1) is 11.8 Å². The van der Waals surface area contributed by atoms with E-state index >= 15 is 0 Å². The number of nitrogens with one attached hydrogen (secondary N) is 2. The number of nitrogens with zero attached hydrogens (tertiary/aromatic N) is 1. The zero-order valence-electron chi connectivity index (χ0n) is 11.3. The van der Waals surface area contributed by atoms with Crippen molar-refractivity contribution in [3.63, 3.8) is 0 Å². The first-order valence-electron chi connectivity index (χ1n) is 6.32. The highest BCUT2D eigenvalue weighted by molar-refractivity contribution is 7.98.